The smallest absolute Gasteiger partial charge is 0.0793 e. The molecule has 6 rings (SSSR count). The van der Waals surface area contributed by atoms with Crippen LogP contribution in [0.4, 0.5) is 0 Å². The summed E-state index contributed by atoms with van der Waals surface area (Å²) in [6.45, 7) is 3.72. The lowest BCUT2D eigenvalue weighted by molar-refractivity contribution is 0.0370. The van der Waals surface area contributed by atoms with Crippen LogP contribution in [0.2, 0.25) is 0 Å². The second-order valence-electron chi connectivity index (χ2n) is 9.45. The maximum atomic E-state index is 5.57. The normalized spacial score (nSPS) is 56.9. The van der Waals surface area contributed by atoms with Crippen molar-refractivity contribution in [3.8, 4) is 0 Å². The largest absolute Gasteiger partial charge is 0.385 e. The summed E-state index contributed by atoms with van der Waals surface area (Å²) in [6, 6.07) is 1.59. The van der Waals surface area contributed by atoms with Gasteiger partial charge in [0.2, 0.25) is 0 Å². The Morgan fingerprint density at radius 3 is 3.00 bits per heavy atom. The van der Waals surface area contributed by atoms with Crippen molar-refractivity contribution in [3.63, 3.8) is 0 Å². The molecule has 6 unspecified atom stereocenters. The number of nitrogens with two attached hydrogens (primary N) is 1. The summed E-state index contributed by atoms with van der Waals surface area (Å²) in [7, 11) is 0. The van der Waals surface area contributed by atoms with Crippen LogP contribution in [0, 0.1) is 23.7 Å². The van der Waals surface area contributed by atoms with Crippen LogP contribution in [-0.2, 0) is 4.84 Å². The lowest BCUT2D eigenvalue weighted by Crippen LogP contribution is -2.52. The van der Waals surface area contributed by atoms with Crippen LogP contribution < -0.4 is 11.2 Å². The summed E-state index contributed by atoms with van der Waals surface area (Å²) in [4.78, 5) is 8.22. The van der Waals surface area contributed by atoms with Gasteiger partial charge in [-0.1, -0.05) is 13.3 Å². The van der Waals surface area contributed by atoms with Gasteiger partial charge in [-0.15, -0.1) is 0 Å². The molecule has 0 aromatic carbocycles. The molecular weight excluding hydrogens is 298 g/mol. The van der Waals surface area contributed by atoms with Gasteiger partial charge in [-0.2, -0.15) is 0 Å². The zero-order chi connectivity index (χ0) is 16.1. The molecule has 4 nitrogen and oxygen atoms in total. The molecule has 24 heavy (non-hydrogen) atoms. The third kappa shape index (κ3) is 1.57. The predicted molar refractivity (Wildman–Crippen MR) is 92.8 cm³/mol. The van der Waals surface area contributed by atoms with Gasteiger partial charge in [-0.25, -0.2) is 5.90 Å². The highest BCUT2D eigenvalue weighted by Gasteiger charge is 2.81. The van der Waals surface area contributed by atoms with Crippen LogP contribution in [0.1, 0.15) is 58.3 Å². The van der Waals surface area contributed by atoms with Crippen molar-refractivity contribution in [2.24, 2.45) is 29.6 Å². The molecule has 3 heterocycles. The Labute approximate surface area is 145 Å². The maximum absolute atomic E-state index is 5.57. The summed E-state index contributed by atoms with van der Waals surface area (Å²) in [6.07, 6.45) is 10.7. The molecule has 4 fully saturated rings. The second kappa shape index (κ2) is 4.77. The van der Waals surface area contributed by atoms with Gasteiger partial charge in [0.15, 0.2) is 0 Å². The van der Waals surface area contributed by atoms with E-state index in [1.54, 1.807) is 11.3 Å². The summed E-state index contributed by atoms with van der Waals surface area (Å²) < 4.78 is 0. The van der Waals surface area contributed by atoms with E-state index in [1.165, 1.54) is 45.1 Å². The molecule has 0 radical (unpaired) electrons. The molecule has 0 aromatic heterocycles. The average molecular weight is 329 g/mol. The Bertz CT molecular complexity index is 604. The second-order valence-corrected chi connectivity index (χ2v) is 9.45. The fraction of sp³-hybridized carbons (Fsp3) is 0.900. The number of nitrogens with zero attached hydrogens (tertiary/aromatic N) is 1. The SMILES string of the molecule is CC[C@H]1CC2C[C@H]3C4=C(CCN5C1[C@@]235)C1CC(CCC(ON)C1)N4. The minimum atomic E-state index is 0.266. The van der Waals surface area contributed by atoms with Crippen molar-refractivity contribution in [3.05, 3.63) is 11.3 Å². The van der Waals surface area contributed by atoms with Gasteiger partial charge in [0.25, 0.3) is 0 Å². The molecule has 3 saturated carbocycles. The van der Waals surface area contributed by atoms with Crippen LogP contribution in [0.3, 0.4) is 0 Å². The molecule has 1 spiro atoms. The minimum Gasteiger partial charge on any atom is -0.385 e. The number of piperidine rings is 1. The van der Waals surface area contributed by atoms with Gasteiger partial charge in [0.1, 0.15) is 0 Å². The first-order valence-corrected chi connectivity index (χ1v) is 10.4. The molecule has 3 N–H and O–H groups in total. The fourth-order valence-corrected chi connectivity index (χ4v) is 7.91. The summed E-state index contributed by atoms with van der Waals surface area (Å²) in [5, 5.41) is 4.05. The number of hydrogen-bond donors (Lipinski definition) is 2. The standard InChI is InChI=1S/C20H31N3O/c1-2-11-7-13-10-17-18-16(5-6-23-19(11)20(13,17)23)12-8-14(22-18)3-4-15(9-12)24-21/h11-15,17,19,22H,2-10,21H2,1H3/t11-,12?,13?,14?,15?,17-,19?,20+,23?/m0/s1. The molecule has 132 valence electrons. The van der Waals surface area contributed by atoms with E-state index in [4.69, 9.17) is 10.7 Å². The number of fused-ring (bicyclic) bond motifs is 5. The van der Waals surface area contributed by atoms with Crippen molar-refractivity contribution in [1.29, 1.82) is 0 Å². The van der Waals surface area contributed by atoms with E-state index < -0.39 is 0 Å². The monoisotopic (exact) mass is 329 g/mol. The Morgan fingerprint density at radius 1 is 1.25 bits per heavy atom. The molecule has 4 heteroatoms. The summed E-state index contributed by atoms with van der Waals surface area (Å²) >= 11 is 0. The quantitative estimate of drug-likeness (QED) is 0.604. The van der Waals surface area contributed by atoms with E-state index in [0.29, 0.717) is 11.6 Å². The summed E-state index contributed by atoms with van der Waals surface area (Å²) in [5.74, 6) is 9.09. The molecular formula is C20H31N3O. The van der Waals surface area contributed by atoms with Gasteiger partial charge in [0.05, 0.1) is 6.10 Å². The van der Waals surface area contributed by atoms with Crippen LogP contribution in [-0.4, -0.2) is 35.2 Å². The average Bonchev–Trinajstić information content (AvgIpc) is 3.26. The van der Waals surface area contributed by atoms with E-state index in [2.05, 4.69) is 17.1 Å². The maximum Gasteiger partial charge on any atom is 0.0793 e. The molecule has 0 amide bonds. The van der Waals surface area contributed by atoms with Gasteiger partial charge in [-0.05, 0) is 68.3 Å². The molecule has 3 aliphatic heterocycles. The van der Waals surface area contributed by atoms with Gasteiger partial charge in [0, 0.05) is 35.8 Å². The Kier molecular flexibility index (Phi) is 2.90. The van der Waals surface area contributed by atoms with Crippen LogP contribution in [0.25, 0.3) is 0 Å². The van der Waals surface area contributed by atoms with E-state index >= 15 is 0 Å². The third-order valence-electron chi connectivity index (χ3n) is 8.84. The predicted octanol–water partition coefficient (Wildman–Crippen LogP) is 2.55. The molecule has 0 aromatic rings. The van der Waals surface area contributed by atoms with Crippen molar-refractivity contribution in [2.45, 2.75) is 82.0 Å². The van der Waals surface area contributed by atoms with Crippen LogP contribution >= 0.6 is 0 Å². The first-order chi connectivity index (χ1) is 11.8. The number of hydrogen-bond acceptors (Lipinski definition) is 4. The first-order valence-electron chi connectivity index (χ1n) is 10.4. The van der Waals surface area contributed by atoms with E-state index in [9.17, 15) is 0 Å². The van der Waals surface area contributed by atoms with Crippen molar-refractivity contribution in [2.75, 3.05) is 6.54 Å². The van der Waals surface area contributed by atoms with E-state index in [0.717, 1.165) is 42.6 Å². The first kappa shape index (κ1) is 14.6. The Morgan fingerprint density at radius 2 is 2.17 bits per heavy atom. The van der Waals surface area contributed by atoms with Crippen molar-refractivity contribution in [1.82, 2.24) is 10.2 Å². The van der Waals surface area contributed by atoms with Crippen LogP contribution in [0.15, 0.2) is 11.3 Å². The van der Waals surface area contributed by atoms with Crippen molar-refractivity contribution < 1.29 is 4.84 Å². The lowest BCUT2D eigenvalue weighted by atomic mass is 9.61. The zero-order valence-electron chi connectivity index (χ0n) is 14.8. The van der Waals surface area contributed by atoms with Crippen molar-refractivity contribution >= 4 is 0 Å². The fourth-order valence-electron chi connectivity index (χ4n) is 7.91. The molecule has 6 aliphatic rings. The van der Waals surface area contributed by atoms with Gasteiger partial charge < -0.3 is 10.2 Å². The highest BCUT2D eigenvalue weighted by atomic mass is 16.6. The van der Waals surface area contributed by atoms with Gasteiger partial charge in [-0.3, -0.25) is 4.90 Å². The number of rotatable bonds is 2. The highest BCUT2D eigenvalue weighted by molar-refractivity contribution is 5.44. The molecule has 2 bridgehead atoms. The zero-order valence-corrected chi connectivity index (χ0v) is 14.8. The Balaban J connectivity index is 1.36. The van der Waals surface area contributed by atoms with E-state index in [1.807, 2.05) is 0 Å². The molecule has 1 saturated heterocycles. The minimum absolute atomic E-state index is 0.266. The highest BCUT2D eigenvalue weighted by Crippen LogP contribution is 2.74. The van der Waals surface area contributed by atoms with Crippen LogP contribution in [0.5, 0.6) is 0 Å². The molecule has 9 atom stereocenters. The molecule has 3 aliphatic carbocycles. The Hall–Kier alpha value is -0.580. The topological polar surface area (TPSA) is 50.3 Å². The number of nitrogens with one attached hydrogen (secondary N) is 1. The van der Waals surface area contributed by atoms with E-state index in [-0.39, 0.29) is 6.10 Å². The summed E-state index contributed by atoms with van der Waals surface area (Å²) in [5.41, 5.74) is 4.06. The third-order valence-corrected chi connectivity index (χ3v) is 8.84. The van der Waals surface area contributed by atoms with Gasteiger partial charge >= 0.3 is 0 Å². The lowest BCUT2D eigenvalue weighted by Gasteiger charge is -2.48.